The van der Waals surface area contributed by atoms with Crippen molar-refractivity contribution < 1.29 is 39.6 Å². The van der Waals surface area contributed by atoms with Crippen molar-refractivity contribution in [3.05, 3.63) is 65.2 Å². The van der Waals surface area contributed by atoms with E-state index in [1.807, 2.05) is 0 Å². The maximum absolute atomic E-state index is 13.0. The highest BCUT2D eigenvalue weighted by molar-refractivity contribution is 7.89. The van der Waals surface area contributed by atoms with Crippen molar-refractivity contribution in [1.82, 2.24) is 9.62 Å². The van der Waals surface area contributed by atoms with Crippen LogP contribution in [0.1, 0.15) is 34.3 Å². The van der Waals surface area contributed by atoms with Gasteiger partial charge in [0.2, 0.25) is 10.0 Å². The van der Waals surface area contributed by atoms with Crippen LogP contribution in [0, 0.1) is 0 Å². The van der Waals surface area contributed by atoms with Gasteiger partial charge in [0.05, 0.1) is 16.0 Å². The molecular weight excluding hydrogens is 462 g/mol. The molecule has 1 saturated heterocycles. The van der Waals surface area contributed by atoms with Gasteiger partial charge in [0.1, 0.15) is 0 Å². The Morgan fingerprint density at radius 3 is 2.03 bits per heavy atom. The Kier molecular flexibility index (Phi) is 6.57. The van der Waals surface area contributed by atoms with Crippen LogP contribution in [-0.2, 0) is 22.4 Å². The molecule has 1 heterocycles. The molecule has 2 aromatic carbocycles. The molecule has 0 saturated carbocycles. The van der Waals surface area contributed by atoms with Gasteiger partial charge in [-0.1, -0.05) is 18.2 Å². The molecule has 32 heavy (non-hydrogen) atoms. The largest absolute Gasteiger partial charge is 0.416 e. The fourth-order valence-corrected chi connectivity index (χ4v) is 4.92. The van der Waals surface area contributed by atoms with Gasteiger partial charge in [0.15, 0.2) is 0 Å². The van der Waals surface area contributed by atoms with Gasteiger partial charge in [0, 0.05) is 24.7 Å². The van der Waals surface area contributed by atoms with Crippen molar-refractivity contribution in [2.45, 2.75) is 36.1 Å². The van der Waals surface area contributed by atoms with Gasteiger partial charge in [-0.3, -0.25) is 4.79 Å². The smallest absolute Gasteiger partial charge is 0.348 e. The van der Waals surface area contributed by atoms with Gasteiger partial charge >= 0.3 is 12.4 Å². The maximum atomic E-state index is 13.0. The standard InChI is InChI=1S/C20H18F6N2O3S/c21-19(22,23)14-9-13(10-15(11-14)20(24,25)26)18(29)27-16-5-4-8-28(12-16)32(30,31)17-6-2-1-3-7-17/h1-3,6-7,9-11,16H,4-5,8,12H2,(H,27,29). The number of hydrogen-bond acceptors (Lipinski definition) is 3. The molecule has 1 aliphatic heterocycles. The molecule has 0 aliphatic carbocycles. The van der Waals surface area contributed by atoms with E-state index in [0.717, 1.165) is 4.31 Å². The molecule has 1 aliphatic rings. The molecule has 1 unspecified atom stereocenters. The lowest BCUT2D eigenvalue weighted by atomic mass is 10.0. The fraction of sp³-hybridized carbons (Fsp3) is 0.350. The quantitative estimate of drug-likeness (QED) is 0.664. The van der Waals surface area contributed by atoms with Crippen LogP contribution in [0.15, 0.2) is 53.4 Å². The number of hydrogen-bond donors (Lipinski definition) is 1. The second-order valence-corrected chi connectivity index (χ2v) is 9.22. The number of nitrogens with one attached hydrogen (secondary N) is 1. The number of benzene rings is 2. The zero-order chi connectivity index (χ0) is 23.7. The summed E-state index contributed by atoms with van der Waals surface area (Å²) in [6.07, 6.45) is -9.49. The number of nitrogens with zero attached hydrogens (tertiary/aromatic N) is 1. The van der Waals surface area contributed by atoms with Crippen LogP contribution in [-0.4, -0.2) is 37.8 Å². The van der Waals surface area contributed by atoms with E-state index < -0.39 is 51.0 Å². The summed E-state index contributed by atoms with van der Waals surface area (Å²) in [6, 6.07) is 7.37. The third-order valence-corrected chi connectivity index (χ3v) is 6.83. The number of sulfonamides is 1. The zero-order valence-electron chi connectivity index (χ0n) is 16.4. The molecule has 0 radical (unpaired) electrons. The maximum Gasteiger partial charge on any atom is 0.416 e. The molecule has 0 aromatic heterocycles. The summed E-state index contributed by atoms with van der Waals surface area (Å²) in [5.74, 6) is -1.15. The molecule has 1 fully saturated rings. The molecule has 174 valence electrons. The lowest BCUT2D eigenvalue weighted by Gasteiger charge is -2.32. The number of halogens is 6. The highest BCUT2D eigenvalue weighted by Gasteiger charge is 2.38. The molecule has 1 atom stereocenters. The second kappa shape index (κ2) is 8.74. The number of rotatable bonds is 4. The second-order valence-electron chi connectivity index (χ2n) is 7.28. The van der Waals surface area contributed by atoms with E-state index >= 15 is 0 Å². The summed E-state index contributed by atoms with van der Waals surface area (Å²) in [4.78, 5) is 12.5. The van der Waals surface area contributed by atoms with E-state index in [1.165, 1.54) is 12.1 Å². The van der Waals surface area contributed by atoms with Gasteiger partial charge in [-0.2, -0.15) is 30.6 Å². The zero-order valence-corrected chi connectivity index (χ0v) is 17.2. The third kappa shape index (κ3) is 5.41. The average molecular weight is 480 g/mol. The van der Waals surface area contributed by atoms with Gasteiger partial charge in [0.25, 0.3) is 5.91 Å². The Bertz CT molecular complexity index is 1050. The van der Waals surface area contributed by atoms with E-state index in [9.17, 15) is 39.6 Å². The Morgan fingerprint density at radius 1 is 0.938 bits per heavy atom. The van der Waals surface area contributed by atoms with Crippen molar-refractivity contribution in [1.29, 1.82) is 0 Å². The molecule has 0 spiro atoms. The first-order chi connectivity index (χ1) is 14.8. The summed E-state index contributed by atoms with van der Waals surface area (Å²) in [7, 11) is -3.86. The summed E-state index contributed by atoms with van der Waals surface area (Å²) in [5.41, 5.74) is -4.01. The van der Waals surface area contributed by atoms with Crippen LogP contribution < -0.4 is 5.32 Å². The minimum Gasteiger partial charge on any atom is -0.348 e. The van der Waals surface area contributed by atoms with E-state index in [2.05, 4.69) is 5.32 Å². The minimum absolute atomic E-state index is 0.0414. The molecule has 12 heteroatoms. The van der Waals surface area contributed by atoms with Crippen molar-refractivity contribution >= 4 is 15.9 Å². The van der Waals surface area contributed by atoms with Crippen LogP contribution in [0.25, 0.3) is 0 Å². The van der Waals surface area contributed by atoms with Crippen molar-refractivity contribution in [3.63, 3.8) is 0 Å². The predicted octanol–water partition coefficient (Wildman–Crippen LogP) is 4.31. The van der Waals surface area contributed by atoms with Crippen molar-refractivity contribution in [2.24, 2.45) is 0 Å². The van der Waals surface area contributed by atoms with Crippen molar-refractivity contribution in [2.75, 3.05) is 13.1 Å². The number of carbonyl (C=O) groups is 1. The van der Waals surface area contributed by atoms with Crippen molar-refractivity contribution in [3.8, 4) is 0 Å². The van der Waals surface area contributed by atoms with Gasteiger partial charge in [-0.05, 0) is 43.2 Å². The Morgan fingerprint density at radius 2 is 1.50 bits per heavy atom. The molecule has 3 rings (SSSR count). The molecule has 2 aromatic rings. The fourth-order valence-electron chi connectivity index (χ4n) is 3.37. The van der Waals surface area contributed by atoms with E-state index in [4.69, 9.17) is 0 Å². The monoisotopic (exact) mass is 480 g/mol. The van der Waals surface area contributed by atoms with Crippen LogP contribution in [0.5, 0.6) is 0 Å². The van der Waals surface area contributed by atoms with Gasteiger partial charge in [-0.25, -0.2) is 8.42 Å². The average Bonchev–Trinajstić information content (AvgIpc) is 2.73. The highest BCUT2D eigenvalue weighted by atomic mass is 32.2. The normalized spacial score (nSPS) is 18.4. The number of piperidine rings is 1. The molecule has 5 nitrogen and oxygen atoms in total. The van der Waals surface area contributed by atoms with E-state index in [1.54, 1.807) is 18.2 Å². The summed E-state index contributed by atoms with van der Waals surface area (Å²) in [6.45, 7) is 0.0133. The van der Waals surface area contributed by atoms with Crippen LogP contribution >= 0.6 is 0 Å². The SMILES string of the molecule is O=C(NC1CCCN(S(=O)(=O)c2ccccc2)C1)c1cc(C(F)(F)F)cc(C(F)(F)F)c1. The van der Waals surface area contributed by atoms with Crippen LogP contribution in [0.2, 0.25) is 0 Å². The van der Waals surface area contributed by atoms with Crippen LogP contribution in [0.3, 0.4) is 0 Å². The van der Waals surface area contributed by atoms with Gasteiger partial charge < -0.3 is 5.32 Å². The molecule has 1 amide bonds. The Hall–Kier alpha value is -2.60. The Balaban J connectivity index is 1.81. The first kappa shape index (κ1) is 24.1. The molecule has 1 N–H and O–H groups in total. The topological polar surface area (TPSA) is 66.5 Å². The predicted molar refractivity (Wildman–Crippen MR) is 102 cm³/mol. The summed E-state index contributed by atoms with van der Waals surface area (Å²) >= 11 is 0. The third-order valence-electron chi connectivity index (χ3n) is 4.95. The van der Waals surface area contributed by atoms with E-state index in [-0.39, 0.29) is 24.1 Å². The minimum atomic E-state index is -5.08. The number of amides is 1. The summed E-state index contributed by atoms with van der Waals surface area (Å²) < 4.78 is 105. The molecular formula is C20H18F6N2O3S. The number of alkyl halides is 6. The summed E-state index contributed by atoms with van der Waals surface area (Å²) in [5, 5.41) is 2.37. The Labute approximate surface area is 180 Å². The van der Waals surface area contributed by atoms with E-state index in [0.29, 0.717) is 25.0 Å². The van der Waals surface area contributed by atoms with Gasteiger partial charge in [-0.15, -0.1) is 0 Å². The number of carbonyl (C=O) groups excluding carboxylic acids is 1. The first-order valence-corrected chi connectivity index (χ1v) is 10.9. The lowest BCUT2D eigenvalue weighted by molar-refractivity contribution is -0.143. The molecule has 0 bridgehead atoms. The van der Waals surface area contributed by atoms with Crippen LogP contribution in [0.4, 0.5) is 26.3 Å². The highest BCUT2D eigenvalue weighted by Crippen LogP contribution is 2.36. The first-order valence-electron chi connectivity index (χ1n) is 9.44. The lowest BCUT2D eigenvalue weighted by Crippen LogP contribution is -2.49.